The van der Waals surface area contributed by atoms with E-state index in [2.05, 4.69) is 13.8 Å². The molecule has 116 valence electrons. The maximum atomic E-state index is 12.6. The Morgan fingerprint density at radius 3 is 2.57 bits per heavy atom. The molecule has 1 aliphatic carbocycles. The number of hydrogen-bond donors (Lipinski definition) is 0. The van der Waals surface area contributed by atoms with Gasteiger partial charge >= 0.3 is 0 Å². The summed E-state index contributed by atoms with van der Waals surface area (Å²) in [4.78, 5) is 29.0. The summed E-state index contributed by atoms with van der Waals surface area (Å²) in [6.07, 6.45) is 0. The van der Waals surface area contributed by atoms with E-state index in [4.69, 9.17) is 4.74 Å². The zero-order chi connectivity index (χ0) is 14.7. The highest BCUT2D eigenvalue weighted by Gasteiger charge is 2.60. The Bertz CT molecular complexity index is 468. The molecule has 5 heteroatoms. The van der Waals surface area contributed by atoms with Gasteiger partial charge in [0.05, 0.1) is 19.1 Å². The normalized spacial score (nSPS) is 40.9. The minimum absolute atomic E-state index is 0.0579. The van der Waals surface area contributed by atoms with Crippen LogP contribution in [0.25, 0.3) is 0 Å². The number of nitrogens with zero attached hydrogens (tertiary/aromatic N) is 2. The summed E-state index contributed by atoms with van der Waals surface area (Å²) >= 11 is 0. The van der Waals surface area contributed by atoms with Crippen molar-refractivity contribution in [2.24, 2.45) is 35.5 Å². The minimum Gasteiger partial charge on any atom is -0.381 e. The third-order valence-electron chi connectivity index (χ3n) is 5.66. The standard InChI is InChI=1S/C16H24N2O3/c1-9(2)3-17-4-10-5-18(6-11(10)15(17)19)16(20)14-12-7-21-8-13(12)14/h9-14H,3-8H2,1-2H3/t10-,11+,12-,13+,14?/m1/s1. The van der Waals surface area contributed by atoms with Gasteiger partial charge in [-0.3, -0.25) is 9.59 Å². The fourth-order valence-electron chi connectivity index (χ4n) is 4.55. The second-order valence-corrected chi connectivity index (χ2v) is 7.64. The summed E-state index contributed by atoms with van der Waals surface area (Å²) < 4.78 is 5.36. The first-order chi connectivity index (χ1) is 10.1. The zero-order valence-electron chi connectivity index (χ0n) is 12.8. The lowest BCUT2D eigenvalue weighted by atomic mass is 10.0. The first kappa shape index (κ1) is 13.6. The van der Waals surface area contributed by atoms with Crippen molar-refractivity contribution >= 4 is 11.8 Å². The van der Waals surface area contributed by atoms with E-state index in [0.717, 1.165) is 32.8 Å². The van der Waals surface area contributed by atoms with Crippen molar-refractivity contribution in [1.82, 2.24) is 9.80 Å². The van der Waals surface area contributed by atoms with Crippen LogP contribution < -0.4 is 0 Å². The predicted octanol–water partition coefficient (Wildman–Crippen LogP) is 0.452. The zero-order valence-corrected chi connectivity index (χ0v) is 12.8. The van der Waals surface area contributed by atoms with E-state index in [9.17, 15) is 9.59 Å². The molecule has 2 amide bonds. The Kier molecular flexibility index (Phi) is 3.03. The number of hydrogen-bond acceptors (Lipinski definition) is 3. The largest absolute Gasteiger partial charge is 0.381 e. The number of likely N-dealkylation sites (tertiary alicyclic amines) is 2. The molecule has 3 heterocycles. The first-order valence-corrected chi connectivity index (χ1v) is 8.21. The van der Waals surface area contributed by atoms with E-state index in [1.54, 1.807) is 0 Å². The molecule has 3 aliphatic heterocycles. The first-order valence-electron chi connectivity index (χ1n) is 8.21. The molecule has 4 aliphatic rings. The van der Waals surface area contributed by atoms with Gasteiger partial charge in [-0.25, -0.2) is 0 Å². The second-order valence-electron chi connectivity index (χ2n) is 7.64. The molecular formula is C16H24N2O3. The molecule has 0 aromatic carbocycles. The molecule has 0 aromatic rings. The van der Waals surface area contributed by atoms with Crippen LogP contribution in [0.2, 0.25) is 0 Å². The summed E-state index contributed by atoms with van der Waals surface area (Å²) in [5.74, 6) is 2.60. The maximum absolute atomic E-state index is 12.6. The third kappa shape index (κ3) is 2.08. The number of rotatable bonds is 3. The van der Waals surface area contributed by atoms with Gasteiger partial charge in [-0.2, -0.15) is 0 Å². The van der Waals surface area contributed by atoms with Gasteiger partial charge in [0.25, 0.3) is 0 Å². The number of ether oxygens (including phenoxy) is 1. The topological polar surface area (TPSA) is 49.9 Å². The molecule has 3 saturated heterocycles. The quantitative estimate of drug-likeness (QED) is 0.759. The van der Waals surface area contributed by atoms with Crippen molar-refractivity contribution in [3.05, 3.63) is 0 Å². The monoisotopic (exact) mass is 292 g/mol. The molecular weight excluding hydrogens is 268 g/mol. The minimum atomic E-state index is 0.0579. The molecule has 21 heavy (non-hydrogen) atoms. The van der Waals surface area contributed by atoms with Crippen LogP contribution in [0.4, 0.5) is 0 Å². The van der Waals surface area contributed by atoms with Crippen LogP contribution >= 0.6 is 0 Å². The average Bonchev–Trinajstić information content (AvgIpc) is 2.82. The fourth-order valence-corrected chi connectivity index (χ4v) is 4.55. The smallest absolute Gasteiger partial charge is 0.227 e. The van der Waals surface area contributed by atoms with E-state index in [1.807, 2.05) is 9.80 Å². The Morgan fingerprint density at radius 2 is 1.95 bits per heavy atom. The van der Waals surface area contributed by atoms with E-state index < -0.39 is 0 Å². The van der Waals surface area contributed by atoms with E-state index in [-0.39, 0.29) is 23.7 Å². The lowest BCUT2D eigenvalue weighted by Crippen LogP contribution is -2.38. The number of carbonyl (C=O) groups is 2. The van der Waals surface area contributed by atoms with Gasteiger partial charge in [0, 0.05) is 38.0 Å². The average molecular weight is 292 g/mol. The molecule has 0 bridgehead atoms. The van der Waals surface area contributed by atoms with Gasteiger partial charge in [-0.05, 0) is 17.8 Å². The number of carbonyl (C=O) groups excluding carboxylic acids is 2. The highest BCUT2D eigenvalue weighted by molar-refractivity contribution is 5.86. The van der Waals surface area contributed by atoms with Crippen LogP contribution in [0.1, 0.15) is 13.8 Å². The lowest BCUT2D eigenvalue weighted by Gasteiger charge is -2.23. The highest BCUT2D eigenvalue weighted by atomic mass is 16.5. The van der Waals surface area contributed by atoms with Gasteiger partial charge in [-0.1, -0.05) is 13.8 Å². The number of fused-ring (bicyclic) bond motifs is 2. The Balaban J connectivity index is 1.37. The van der Waals surface area contributed by atoms with Gasteiger partial charge in [0.15, 0.2) is 0 Å². The van der Waals surface area contributed by atoms with Gasteiger partial charge in [-0.15, -0.1) is 0 Å². The molecule has 1 unspecified atom stereocenters. The van der Waals surface area contributed by atoms with E-state index >= 15 is 0 Å². The van der Waals surface area contributed by atoms with Crippen molar-refractivity contribution < 1.29 is 14.3 Å². The lowest BCUT2D eigenvalue weighted by molar-refractivity contribution is -0.135. The van der Waals surface area contributed by atoms with E-state index in [0.29, 0.717) is 30.2 Å². The van der Waals surface area contributed by atoms with E-state index in [1.165, 1.54) is 0 Å². The van der Waals surface area contributed by atoms with Crippen LogP contribution in [0, 0.1) is 35.5 Å². The molecule has 4 rings (SSSR count). The second kappa shape index (κ2) is 4.70. The molecule has 0 spiro atoms. The third-order valence-corrected chi connectivity index (χ3v) is 5.66. The van der Waals surface area contributed by atoms with Crippen molar-refractivity contribution in [3.63, 3.8) is 0 Å². The summed E-state index contributed by atoms with van der Waals surface area (Å²) in [6.45, 7) is 8.91. The van der Waals surface area contributed by atoms with Gasteiger partial charge < -0.3 is 14.5 Å². The molecule has 1 saturated carbocycles. The Hall–Kier alpha value is -1.10. The highest BCUT2D eigenvalue weighted by Crippen LogP contribution is 2.52. The molecule has 4 fully saturated rings. The van der Waals surface area contributed by atoms with Crippen molar-refractivity contribution in [3.8, 4) is 0 Å². The summed E-state index contributed by atoms with van der Waals surface area (Å²) in [5, 5.41) is 0. The van der Waals surface area contributed by atoms with Crippen LogP contribution in [0.5, 0.6) is 0 Å². The summed E-state index contributed by atoms with van der Waals surface area (Å²) in [6, 6.07) is 0. The van der Waals surface area contributed by atoms with Crippen molar-refractivity contribution in [2.45, 2.75) is 13.8 Å². The van der Waals surface area contributed by atoms with Gasteiger partial charge in [0.1, 0.15) is 0 Å². The van der Waals surface area contributed by atoms with Crippen molar-refractivity contribution in [2.75, 3.05) is 39.4 Å². The van der Waals surface area contributed by atoms with Gasteiger partial charge in [0.2, 0.25) is 11.8 Å². The Labute approximate surface area is 125 Å². The van der Waals surface area contributed by atoms with Crippen molar-refractivity contribution in [1.29, 1.82) is 0 Å². The SMILES string of the molecule is CC(C)CN1C[C@@H]2CN(C(=O)C3[C@H]4COC[C@@H]34)C[C@@H]2C1=O. The van der Waals surface area contributed by atoms with Crippen LogP contribution in [-0.2, 0) is 14.3 Å². The molecule has 5 nitrogen and oxygen atoms in total. The van der Waals surface area contributed by atoms with Crippen LogP contribution in [0.3, 0.4) is 0 Å². The summed E-state index contributed by atoms with van der Waals surface area (Å²) in [7, 11) is 0. The maximum Gasteiger partial charge on any atom is 0.227 e. The molecule has 0 aromatic heterocycles. The molecule has 0 radical (unpaired) electrons. The summed E-state index contributed by atoms with van der Waals surface area (Å²) in [5.41, 5.74) is 0. The fraction of sp³-hybridized carbons (Fsp3) is 0.875. The molecule has 5 atom stereocenters. The van der Waals surface area contributed by atoms with Crippen LogP contribution in [-0.4, -0.2) is 61.0 Å². The molecule has 0 N–H and O–H groups in total. The predicted molar refractivity (Wildman–Crippen MR) is 76.3 cm³/mol. The Morgan fingerprint density at radius 1 is 1.24 bits per heavy atom. The van der Waals surface area contributed by atoms with Crippen LogP contribution in [0.15, 0.2) is 0 Å². The number of amides is 2.